The number of nitrogens with two attached hydrogens (primary N) is 1. The lowest BCUT2D eigenvalue weighted by atomic mass is 10.0. The third-order valence-corrected chi connectivity index (χ3v) is 5.78. The van der Waals surface area contributed by atoms with Crippen molar-refractivity contribution in [3.05, 3.63) is 23.8 Å². The van der Waals surface area contributed by atoms with E-state index in [1.807, 2.05) is 18.2 Å². The maximum absolute atomic E-state index is 11.1. The summed E-state index contributed by atoms with van der Waals surface area (Å²) in [5, 5.41) is 11.1. The van der Waals surface area contributed by atoms with Crippen molar-refractivity contribution in [2.75, 3.05) is 32.8 Å². The van der Waals surface area contributed by atoms with Crippen LogP contribution in [0.15, 0.2) is 23.2 Å². The van der Waals surface area contributed by atoms with Crippen molar-refractivity contribution in [2.24, 2.45) is 10.7 Å². The Morgan fingerprint density at radius 2 is 1.83 bits per heavy atom. The molecule has 0 saturated carbocycles. The highest BCUT2D eigenvalue weighted by molar-refractivity contribution is 5.80. The largest absolute Gasteiger partial charge is 0.486 e. The maximum Gasteiger partial charge on any atom is 0.161 e. The lowest BCUT2D eigenvalue weighted by molar-refractivity contribution is 0.124. The average molecular weight is 404 g/mol. The number of rotatable bonds is 11. The zero-order chi connectivity index (χ0) is 20.5. The maximum atomic E-state index is 11.1. The first-order chi connectivity index (χ1) is 14.2. The number of aliphatic hydroxyl groups is 1. The van der Waals surface area contributed by atoms with E-state index in [1.165, 1.54) is 38.5 Å². The molecule has 1 fully saturated rings. The van der Waals surface area contributed by atoms with Gasteiger partial charge in [-0.15, -0.1) is 0 Å². The third kappa shape index (κ3) is 6.61. The molecule has 2 aliphatic heterocycles. The summed E-state index contributed by atoms with van der Waals surface area (Å²) >= 11 is 0. The smallest absolute Gasteiger partial charge is 0.161 e. The van der Waals surface area contributed by atoms with Crippen molar-refractivity contribution in [1.82, 2.24) is 4.90 Å². The van der Waals surface area contributed by atoms with E-state index in [4.69, 9.17) is 20.2 Å². The fourth-order valence-corrected chi connectivity index (χ4v) is 4.09. The van der Waals surface area contributed by atoms with Crippen LogP contribution in [0.2, 0.25) is 0 Å². The first-order valence-electron chi connectivity index (χ1n) is 11.3. The van der Waals surface area contributed by atoms with Crippen LogP contribution in [0.4, 0.5) is 0 Å². The number of amidine groups is 1. The molecule has 0 unspecified atom stereocenters. The summed E-state index contributed by atoms with van der Waals surface area (Å²) in [6.45, 7) is 6.18. The summed E-state index contributed by atoms with van der Waals surface area (Å²) < 4.78 is 11.3. The SMILES string of the molecule is CCCCCCCC(N)=N[C@H](CN1CCCC1)[C@H](O)c1ccc2c(c1)OCCO2. The number of unbranched alkanes of at least 4 members (excludes halogenated alkanes) is 4. The fourth-order valence-electron chi connectivity index (χ4n) is 4.09. The predicted molar refractivity (Wildman–Crippen MR) is 117 cm³/mol. The molecule has 2 aliphatic rings. The van der Waals surface area contributed by atoms with Crippen LogP contribution in [-0.2, 0) is 0 Å². The Hall–Kier alpha value is -1.79. The topological polar surface area (TPSA) is 80.3 Å². The molecule has 1 saturated heterocycles. The van der Waals surface area contributed by atoms with Gasteiger partial charge in [-0.1, -0.05) is 38.7 Å². The van der Waals surface area contributed by atoms with Crippen LogP contribution in [0.5, 0.6) is 11.5 Å². The Morgan fingerprint density at radius 3 is 2.59 bits per heavy atom. The van der Waals surface area contributed by atoms with Crippen molar-refractivity contribution in [3.8, 4) is 11.5 Å². The van der Waals surface area contributed by atoms with Crippen LogP contribution in [0.3, 0.4) is 0 Å². The van der Waals surface area contributed by atoms with Gasteiger partial charge < -0.3 is 25.2 Å². The van der Waals surface area contributed by atoms with Crippen LogP contribution >= 0.6 is 0 Å². The second kappa shape index (κ2) is 11.4. The van der Waals surface area contributed by atoms with Crippen molar-refractivity contribution >= 4 is 5.84 Å². The number of benzene rings is 1. The number of fused-ring (bicyclic) bond motifs is 1. The summed E-state index contributed by atoms with van der Waals surface area (Å²) in [6.07, 6.45) is 8.52. The summed E-state index contributed by atoms with van der Waals surface area (Å²) in [6, 6.07) is 5.39. The lowest BCUT2D eigenvalue weighted by Gasteiger charge is -2.26. The summed E-state index contributed by atoms with van der Waals surface area (Å²) in [4.78, 5) is 7.16. The minimum Gasteiger partial charge on any atom is -0.486 e. The summed E-state index contributed by atoms with van der Waals surface area (Å²) in [5.41, 5.74) is 7.07. The highest BCUT2D eigenvalue weighted by Gasteiger charge is 2.26. The van der Waals surface area contributed by atoms with Gasteiger partial charge in [-0.25, -0.2) is 0 Å². The fraction of sp³-hybridized carbons (Fsp3) is 0.696. The molecule has 0 spiro atoms. The predicted octanol–water partition coefficient (Wildman–Crippen LogP) is 3.67. The Morgan fingerprint density at radius 1 is 1.10 bits per heavy atom. The van der Waals surface area contributed by atoms with Crippen molar-refractivity contribution < 1.29 is 14.6 Å². The molecule has 6 heteroatoms. The molecule has 29 heavy (non-hydrogen) atoms. The Labute approximate surface area is 175 Å². The van der Waals surface area contributed by atoms with Crippen LogP contribution in [-0.4, -0.2) is 54.7 Å². The van der Waals surface area contributed by atoms with E-state index in [1.54, 1.807) is 0 Å². The molecule has 6 nitrogen and oxygen atoms in total. The monoisotopic (exact) mass is 403 g/mol. The number of aliphatic hydroxyl groups excluding tert-OH is 1. The zero-order valence-corrected chi connectivity index (χ0v) is 17.8. The normalized spacial score (nSPS) is 19.3. The van der Waals surface area contributed by atoms with Gasteiger partial charge in [0, 0.05) is 13.0 Å². The van der Waals surface area contributed by atoms with Crippen molar-refractivity contribution in [3.63, 3.8) is 0 Å². The molecule has 0 amide bonds. The Kier molecular flexibility index (Phi) is 8.62. The van der Waals surface area contributed by atoms with Gasteiger partial charge in [-0.3, -0.25) is 4.99 Å². The Balaban J connectivity index is 1.67. The molecule has 2 heterocycles. The van der Waals surface area contributed by atoms with Gasteiger partial charge in [0.05, 0.1) is 11.9 Å². The van der Waals surface area contributed by atoms with Gasteiger partial charge >= 0.3 is 0 Å². The molecule has 1 aromatic rings. The molecule has 0 aromatic heterocycles. The van der Waals surface area contributed by atoms with Crippen LogP contribution in [0.25, 0.3) is 0 Å². The van der Waals surface area contributed by atoms with Gasteiger partial charge in [-0.05, 0) is 50.0 Å². The second-order valence-corrected chi connectivity index (χ2v) is 8.21. The molecule has 3 rings (SSSR count). The quantitative estimate of drug-likeness (QED) is 0.335. The van der Waals surface area contributed by atoms with Crippen LogP contribution in [0.1, 0.15) is 70.0 Å². The number of aliphatic imine (C=N–C) groups is 1. The van der Waals surface area contributed by atoms with Gasteiger partial charge in [0.2, 0.25) is 0 Å². The molecule has 1 aromatic carbocycles. The minimum atomic E-state index is -0.718. The second-order valence-electron chi connectivity index (χ2n) is 8.21. The van der Waals surface area contributed by atoms with Crippen molar-refractivity contribution in [2.45, 2.75) is 70.4 Å². The molecule has 0 bridgehead atoms. The highest BCUT2D eigenvalue weighted by atomic mass is 16.6. The van der Waals surface area contributed by atoms with Crippen molar-refractivity contribution in [1.29, 1.82) is 0 Å². The Bertz CT molecular complexity index is 659. The zero-order valence-electron chi connectivity index (χ0n) is 17.8. The highest BCUT2D eigenvalue weighted by Crippen LogP contribution is 2.34. The van der Waals surface area contributed by atoms with E-state index in [0.29, 0.717) is 24.8 Å². The minimum absolute atomic E-state index is 0.272. The molecule has 162 valence electrons. The van der Waals surface area contributed by atoms with Gasteiger partial charge in [-0.2, -0.15) is 0 Å². The van der Waals surface area contributed by atoms with E-state index >= 15 is 0 Å². The van der Waals surface area contributed by atoms with E-state index in [0.717, 1.165) is 43.8 Å². The molecule has 0 radical (unpaired) electrons. The number of hydrogen-bond acceptors (Lipinski definition) is 5. The molecule has 2 atom stereocenters. The lowest BCUT2D eigenvalue weighted by Crippen LogP contribution is -2.34. The van der Waals surface area contributed by atoms with Crippen LogP contribution in [0, 0.1) is 0 Å². The standard InChI is InChI=1S/C23H37N3O3/c1-2-3-4-5-6-9-22(24)25-19(17-26-12-7-8-13-26)23(27)18-10-11-20-21(16-18)29-15-14-28-20/h10-11,16,19,23,27H,2-9,12-15,17H2,1H3,(H2,24,25)/t19-,23-/m1/s1. The van der Waals surface area contributed by atoms with Crippen LogP contribution < -0.4 is 15.2 Å². The van der Waals surface area contributed by atoms with E-state index in [2.05, 4.69) is 11.8 Å². The first-order valence-corrected chi connectivity index (χ1v) is 11.3. The van der Waals surface area contributed by atoms with E-state index < -0.39 is 6.10 Å². The molecule has 3 N–H and O–H groups in total. The molecular formula is C23H37N3O3. The van der Waals surface area contributed by atoms with E-state index in [-0.39, 0.29) is 6.04 Å². The van der Waals surface area contributed by atoms with Gasteiger partial charge in [0.15, 0.2) is 11.5 Å². The van der Waals surface area contributed by atoms with Gasteiger partial charge in [0.25, 0.3) is 0 Å². The van der Waals surface area contributed by atoms with Gasteiger partial charge in [0.1, 0.15) is 19.3 Å². The molecule has 0 aliphatic carbocycles. The average Bonchev–Trinajstić information content (AvgIpc) is 3.25. The number of hydrogen-bond donors (Lipinski definition) is 2. The number of nitrogens with zero attached hydrogens (tertiary/aromatic N) is 2. The first kappa shape index (κ1) is 21.9. The summed E-state index contributed by atoms with van der Waals surface area (Å²) in [5.74, 6) is 2.08. The number of likely N-dealkylation sites (tertiary alicyclic amines) is 1. The number of ether oxygens (including phenoxy) is 2. The summed E-state index contributed by atoms with van der Waals surface area (Å²) in [7, 11) is 0. The third-order valence-electron chi connectivity index (χ3n) is 5.78. The van der Waals surface area contributed by atoms with E-state index in [9.17, 15) is 5.11 Å². The molecular weight excluding hydrogens is 366 g/mol.